The van der Waals surface area contributed by atoms with Crippen molar-refractivity contribution in [3.63, 3.8) is 0 Å². The van der Waals surface area contributed by atoms with Gasteiger partial charge in [-0.2, -0.15) is 0 Å². The van der Waals surface area contributed by atoms with Crippen LogP contribution in [0.1, 0.15) is 33.4 Å². The summed E-state index contributed by atoms with van der Waals surface area (Å²) < 4.78 is 15.9. The van der Waals surface area contributed by atoms with Gasteiger partial charge in [0.05, 0.1) is 22.3 Å². The normalized spacial score (nSPS) is 12.3. The molecule has 208 valence electrons. The summed E-state index contributed by atoms with van der Waals surface area (Å²) in [5, 5.41) is 1.01. The first-order valence-corrected chi connectivity index (χ1v) is 14.5. The van der Waals surface area contributed by atoms with Gasteiger partial charge in [0, 0.05) is 11.6 Å². The van der Waals surface area contributed by atoms with Gasteiger partial charge in [-0.05, 0) is 105 Å². The van der Waals surface area contributed by atoms with Crippen molar-refractivity contribution in [2.75, 3.05) is 4.90 Å². The van der Waals surface area contributed by atoms with E-state index in [2.05, 4.69) is 131 Å². The summed E-state index contributed by atoms with van der Waals surface area (Å²) in [6.07, 6.45) is 2.19. The van der Waals surface area contributed by atoms with Gasteiger partial charge in [-0.15, -0.1) is 0 Å². The van der Waals surface area contributed by atoms with Gasteiger partial charge >= 0.3 is 0 Å². The van der Waals surface area contributed by atoms with Crippen LogP contribution < -0.4 is 14.2 Å². The van der Waals surface area contributed by atoms with Crippen LogP contribution in [0.5, 0.6) is 11.5 Å². The van der Waals surface area contributed by atoms with Gasteiger partial charge in [-0.25, -0.2) is 4.57 Å². The lowest BCUT2D eigenvalue weighted by molar-refractivity contribution is -0.660. The van der Waals surface area contributed by atoms with Gasteiger partial charge < -0.3 is 9.15 Å². The van der Waals surface area contributed by atoms with Crippen molar-refractivity contribution in [2.24, 2.45) is 7.05 Å². The number of fused-ring (bicyclic) bond motifs is 4. The molecule has 0 saturated carbocycles. The van der Waals surface area contributed by atoms with E-state index in [1.807, 2.05) is 12.1 Å². The molecule has 0 unspecified atom stereocenters. The third-order valence-electron chi connectivity index (χ3n) is 8.64. The zero-order valence-electron chi connectivity index (χ0n) is 25.3. The fourth-order valence-electron chi connectivity index (χ4n) is 6.55. The number of furan rings is 1. The van der Waals surface area contributed by atoms with Crippen molar-refractivity contribution >= 4 is 28.2 Å². The van der Waals surface area contributed by atoms with Crippen LogP contribution in [0.15, 0.2) is 89.5 Å². The fraction of sp³-hybridized carbons (Fsp3) is 0.184. The number of aryl methyl sites for hydroxylation is 7. The minimum absolute atomic E-state index is 0.712. The highest BCUT2D eigenvalue weighted by Crippen LogP contribution is 2.57. The predicted molar refractivity (Wildman–Crippen MR) is 171 cm³/mol. The number of anilines is 3. The third-order valence-corrected chi connectivity index (χ3v) is 8.64. The van der Waals surface area contributed by atoms with Gasteiger partial charge in [-0.1, -0.05) is 48.5 Å². The summed E-state index contributed by atoms with van der Waals surface area (Å²) >= 11 is 0. The second kappa shape index (κ2) is 9.63. The Bertz CT molecular complexity index is 2010. The number of aromatic nitrogens is 1. The summed E-state index contributed by atoms with van der Waals surface area (Å²) in [5.74, 6) is 2.29. The minimum atomic E-state index is 0.712. The van der Waals surface area contributed by atoms with Crippen molar-refractivity contribution in [1.29, 1.82) is 0 Å². The molecule has 0 fully saturated rings. The Morgan fingerprint density at radius 2 is 1.33 bits per heavy atom. The number of pyridine rings is 1. The smallest absolute Gasteiger partial charge is 0.249 e. The van der Waals surface area contributed by atoms with E-state index in [4.69, 9.17) is 9.15 Å². The number of hydrogen-bond acceptors (Lipinski definition) is 3. The maximum absolute atomic E-state index is 7.00. The van der Waals surface area contributed by atoms with E-state index in [1.165, 1.54) is 38.9 Å². The van der Waals surface area contributed by atoms with Crippen LogP contribution in [-0.4, -0.2) is 0 Å². The molecule has 0 saturated heterocycles. The van der Waals surface area contributed by atoms with E-state index in [1.54, 1.807) is 0 Å². The second-order valence-corrected chi connectivity index (χ2v) is 11.7. The van der Waals surface area contributed by atoms with E-state index < -0.39 is 0 Å². The second-order valence-electron chi connectivity index (χ2n) is 11.7. The number of para-hydroxylation sites is 2. The monoisotopic (exact) mass is 551 g/mol. The predicted octanol–water partition coefficient (Wildman–Crippen LogP) is 10.0. The summed E-state index contributed by atoms with van der Waals surface area (Å²) in [4.78, 5) is 2.26. The maximum Gasteiger partial charge on any atom is 0.249 e. The quantitative estimate of drug-likeness (QED) is 0.205. The summed E-state index contributed by atoms with van der Waals surface area (Å²) in [6.45, 7) is 13.0. The standard InChI is InChI=1S/C38H35N2O2/c1-22-20-31(39(7)21-27(22)6)33-23(2)17-24(3)34-36(33)42-38-37(34)41-32-16-12-11-15-30(32)40(38)35-25(4)18-29(19-26(35)5)28-13-9-8-10-14-28/h8-21H,1-7H3/q+1. The molecule has 0 bridgehead atoms. The molecule has 1 aliphatic rings. The molecule has 0 atom stereocenters. The number of ether oxygens (including phenoxy) is 1. The molecule has 6 aromatic rings. The first-order chi connectivity index (χ1) is 20.2. The minimum Gasteiger partial charge on any atom is -0.449 e. The van der Waals surface area contributed by atoms with E-state index in [-0.39, 0.29) is 0 Å². The van der Waals surface area contributed by atoms with Crippen LogP contribution in [0.25, 0.3) is 33.4 Å². The summed E-state index contributed by atoms with van der Waals surface area (Å²) in [6, 6.07) is 27.8. The molecule has 0 radical (unpaired) electrons. The van der Waals surface area contributed by atoms with Crippen molar-refractivity contribution in [1.82, 2.24) is 0 Å². The first kappa shape index (κ1) is 26.1. The zero-order chi connectivity index (χ0) is 29.3. The van der Waals surface area contributed by atoms with Crippen LogP contribution in [0.3, 0.4) is 0 Å². The fourth-order valence-corrected chi connectivity index (χ4v) is 6.55. The Kier molecular flexibility index (Phi) is 5.98. The molecular formula is C38H35N2O2+. The van der Waals surface area contributed by atoms with E-state index in [0.717, 1.165) is 50.7 Å². The highest BCUT2D eigenvalue weighted by Gasteiger charge is 2.35. The molecule has 42 heavy (non-hydrogen) atoms. The maximum atomic E-state index is 7.00. The molecule has 1 aliphatic heterocycles. The Balaban J connectivity index is 1.52. The number of nitrogens with zero attached hydrogens (tertiary/aromatic N) is 2. The molecular weight excluding hydrogens is 516 g/mol. The Hall–Kier alpha value is -4.83. The third kappa shape index (κ3) is 3.93. The van der Waals surface area contributed by atoms with Gasteiger partial charge in [0.15, 0.2) is 23.3 Å². The van der Waals surface area contributed by atoms with Crippen LogP contribution >= 0.6 is 0 Å². The Labute approximate surface area is 247 Å². The van der Waals surface area contributed by atoms with Gasteiger partial charge in [0.1, 0.15) is 7.05 Å². The van der Waals surface area contributed by atoms with E-state index in [0.29, 0.717) is 5.88 Å². The molecule has 3 heterocycles. The largest absolute Gasteiger partial charge is 0.449 e. The lowest BCUT2D eigenvalue weighted by Crippen LogP contribution is -2.31. The van der Waals surface area contributed by atoms with Gasteiger partial charge in [0.2, 0.25) is 11.6 Å². The Morgan fingerprint density at radius 1 is 0.643 bits per heavy atom. The van der Waals surface area contributed by atoms with Crippen LogP contribution in [-0.2, 0) is 7.05 Å². The highest BCUT2D eigenvalue weighted by molar-refractivity contribution is 6.05. The van der Waals surface area contributed by atoms with Crippen molar-refractivity contribution < 1.29 is 13.7 Å². The summed E-state index contributed by atoms with van der Waals surface area (Å²) in [7, 11) is 2.11. The lowest BCUT2D eigenvalue weighted by atomic mass is 9.96. The van der Waals surface area contributed by atoms with Crippen molar-refractivity contribution in [3.05, 3.63) is 118 Å². The zero-order valence-corrected chi connectivity index (χ0v) is 25.3. The SMILES string of the molecule is Cc1cc(-c2c(C)cc(C)c3c4c(oc23)N(c2c(C)cc(-c3ccccc3)cc2C)c2ccccc2O4)[n+](C)cc1C. The van der Waals surface area contributed by atoms with Crippen LogP contribution in [0, 0.1) is 41.5 Å². The molecule has 0 spiro atoms. The van der Waals surface area contributed by atoms with Crippen LogP contribution in [0.4, 0.5) is 17.3 Å². The average molecular weight is 552 g/mol. The molecule has 0 aliphatic carbocycles. The van der Waals surface area contributed by atoms with E-state index in [9.17, 15) is 0 Å². The number of benzene rings is 4. The lowest BCUT2D eigenvalue weighted by Gasteiger charge is -2.31. The molecule has 4 aromatic carbocycles. The van der Waals surface area contributed by atoms with Crippen molar-refractivity contribution in [3.8, 4) is 33.9 Å². The molecule has 7 rings (SSSR count). The van der Waals surface area contributed by atoms with Crippen LogP contribution in [0.2, 0.25) is 0 Å². The summed E-state index contributed by atoms with van der Waals surface area (Å²) in [5.41, 5.74) is 14.7. The number of rotatable bonds is 3. The molecule has 4 nitrogen and oxygen atoms in total. The molecule has 4 heteroatoms. The first-order valence-electron chi connectivity index (χ1n) is 14.5. The average Bonchev–Trinajstić information content (AvgIpc) is 3.34. The van der Waals surface area contributed by atoms with Gasteiger partial charge in [-0.3, -0.25) is 4.90 Å². The molecule has 0 N–H and O–H groups in total. The Morgan fingerprint density at radius 3 is 2.07 bits per heavy atom. The number of hydrogen-bond donors (Lipinski definition) is 0. The van der Waals surface area contributed by atoms with Gasteiger partial charge in [0.25, 0.3) is 0 Å². The van der Waals surface area contributed by atoms with Crippen molar-refractivity contribution in [2.45, 2.75) is 41.5 Å². The molecule has 2 aromatic heterocycles. The molecule has 0 amide bonds. The highest BCUT2D eigenvalue weighted by atomic mass is 16.5. The topological polar surface area (TPSA) is 29.5 Å². The van der Waals surface area contributed by atoms with E-state index >= 15 is 0 Å².